The lowest BCUT2D eigenvalue weighted by Crippen LogP contribution is -2.38. The summed E-state index contributed by atoms with van der Waals surface area (Å²) in [5, 5.41) is 3.17. The highest BCUT2D eigenvalue weighted by Crippen LogP contribution is 2.45. The number of likely N-dealkylation sites (N-methyl/N-ethyl adjacent to an activating group) is 1. The second-order valence-electron chi connectivity index (χ2n) is 8.35. The molecule has 1 aliphatic carbocycles. The van der Waals surface area contributed by atoms with Crippen molar-refractivity contribution in [2.24, 2.45) is 0 Å². The van der Waals surface area contributed by atoms with Gasteiger partial charge in [0, 0.05) is 12.2 Å². The fourth-order valence-electron chi connectivity index (χ4n) is 4.32. The maximum atomic E-state index is 13.4. The Balaban J connectivity index is 1.52. The largest absolute Gasteiger partial charge is 0.486 e. The van der Waals surface area contributed by atoms with Gasteiger partial charge >= 0.3 is 0 Å². The highest BCUT2D eigenvalue weighted by molar-refractivity contribution is 5.99. The number of carbonyl (C=O) groups excluding carboxylic acids is 1. The number of ether oxygens (including phenoxy) is 2. The standard InChI is InChI=1S/C24H30N2O3/c1-26(2)14-11-18-5-8-20(9-6-18)25-23(27)24(12-3-4-13-24)19-7-10-21-22(17-19)29-16-15-28-21/h5-10,17H,3-4,11-16H2,1-2H3,(H,25,27). The molecule has 5 heteroatoms. The van der Waals surface area contributed by atoms with Gasteiger partial charge < -0.3 is 19.7 Å². The van der Waals surface area contributed by atoms with Crippen molar-refractivity contribution in [3.05, 3.63) is 53.6 Å². The van der Waals surface area contributed by atoms with E-state index in [4.69, 9.17) is 9.47 Å². The van der Waals surface area contributed by atoms with Gasteiger partial charge in [-0.2, -0.15) is 0 Å². The minimum absolute atomic E-state index is 0.0766. The lowest BCUT2D eigenvalue weighted by Gasteiger charge is -2.30. The summed E-state index contributed by atoms with van der Waals surface area (Å²) in [5.74, 6) is 1.59. The van der Waals surface area contributed by atoms with Crippen LogP contribution in [-0.2, 0) is 16.6 Å². The van der Waals surface area contributed by atoms with Gasteiger partial charge in [-0.05, 0) is 68.8 Å². The van der Waals surface area contributed by atoms with E-state index in [2.05, 4.69) is 36.4 Å². The molecule has 0 atom stereocenters. The van der Waals surface area contributed by atoms with Crippen LogP contribution in [0.25, 0.3) is 0 Å². The van der Waals surface area contributed by atoms with E-state index in [1.165, 1.54) is 5.56 Å². The quantitative estimate of drug-likeness (QED) is 0.804. The van der Waals surface area contributed by atoms with Crippen molar-refractivity contribution in [3.63, 3.8) is 0 Å². The number of nitrogens with zero attached hydrogens (tertiary/aromatic N) is 1. The van der Waals surface area contributed by atoms with Crippen LogP contribution in [0.2, 0.25) is 0 Å². The van der Waals surface area contributed by atoms with Crippen molar-refractivity contribution in [3.8, 4) is 11.5 Å². The summed E-state index contributed by atoms with van der Waals surface area (Å²) in [6.07, 6.45) is 4.85. The highest BCUT2D eigenvalue weighted by atomic mass is 16.6. The number of anilines is 1. The molecule has 2 aromatic rings. The molecule has 29 heavy (non-hydrogen) atoms. The van der Waals surface area contributed by atoms with Crippen molar-refractivity contribution in [1.29, 1.82) is 0 Å². The van der Waals surface area contributed by atoms with Gasteiger partial charge in [-0.1, -0.05) is 31.0 Å². The number of amides is 1. The van der Waals surface area contributed by atoms with E-state index in [-0.39, 0.29) is 5.91 Å². The molecule has 1 aliphatic heterocycles. The van der Waals surface area contributed by atoms with Crippen LogP contribution in [0.3, 0.4) is 0 Å². The SMILES string of the molecule is CN(C)CCc1ccc(NC(=O)C2(c3ccc4c(c3)OCCO4)CCCC2)cc1. The molecule has 1 amide bonds. The number of rotatable bonds is 6. The second kappa shape index (κ2) is 8.46. The molecule has 1 saturated carbocycles. The summed E-state index contributed by atoms with van der Waals surface area (Å²) < 4.78 is 11.4. The Hall–Kier alpha value is -2.53. The van der Waals surface area contributed by atoms with Crippen molar-refractivity contribution in [2.75, 3.05) is 39.2 Å². The number of nitrogens with one attached hydrogen (secondary N) is 1. The van der Waals surface area contributed by atoms with Gasteiger partial charge in [-0.25, -0.2) is 0 Å². The zero-order valence-corrected chi connectivity index (χ0v) is 17.4. The van der Waals surface area contributed by atoms with Crippen LogP contribution < -0.4 is 14.8 Å². The van der Waals surface area contributed by atoms with Crippen LogP contribution in [-0.4, -0.2) is 44.7 Å². The number of fused-ring (bicyclic) bond motifs is 1. The Morgan fingerprint density at radius 2 is 1.69 bits per heavy atom. The van der Waals surface area contributed by atoms with Crippen molar-refractivity contribution in [2.45, 2.75) is 37.5 Å². The van der Waals surface area contributed by atoms with E-state index >= 15 is 0 Å². The third-order valence-corrected chi connectivity index (χ3v) is 6.05. The molecule has 0 radical (unpaired) electrons. The third-order valence-electron chi connectivity index (χ3n) is 6.05. The molecule has 0 aromatic heterocycles. The van der Waals surface area contributed by atoms with E-state index in [1.807, 2.05) is 30.3 Å². The zero-order valence-electron chi connectivity index (χ0n) is 17.4. The Morgan fingerprint density at radius 1 is 1.00 bits per heavy atom. The molecular weight excluding hydrogens is 364 g/mol. The van der Waals surface area contributed by atoms with Crippen LogP contribution >= 0.6 is 0 Å². The van der Waals surface area contributed by atoms with E-state index in [9.17, 15) is 4.79 Å². The summed E-state index contributed by atoms with van der Waals surface area (Å²) >= 11 is 0. The number of hydrogen-bond acceptors (Lipinski definition) is 4. The van der Waals surface area contributed by atoms with E-state index in [1.54, 1.807) is 0 Å². The summed E-state index contributed by atoms with van der Waals surface area (Å²) in [6.45, 7) is 2.14. The third kappa shape index (κ3) is 4.25. The predicted molar refractivity (Wildman–Crippen MR) is 115 cm³/mol. The monoisotopic (exact) mass is 394 g/mol. The Labute approximate surface area is 173 Å². The van der Waals surface area contributed by atoms with Crippen LogP contribution in [0.4, 0.5) is 5.69 Å². The van der Waals surface area contributed by atoms with Gasteiger partial charge in [0.2, 0.25) is 5.91 Å². The van der Waals surface area contributed by atoms with Crippen LogP contribution in [0, 0.1) is 0 Å². The average Bonchev–Trinajstić information content (AvgIpc) is 3.24. The normalized spacial score (nSPS) is 17.3. The molecule has 0 bridgehead atoms. The Morgan fingerprint density at radius 3 is 2.38 bits per heavy atom. The summed E-state index contributed by atoms with van der Waals surface area (Å²) in [6, 6.07) is 14.2. The van der Waals surface area contributed by atoms with Gasteiger partial charge in [0.15, 0.2) is 11.5 Å². The zero-order chi connectivity index (χ0) is 20.3. The maximum Gasteiger partial charge on any atom is 0.235 e. The molecule has 0 unspecified atom stereocenters. The first-order valence-corrected chi connectivity index (χ1v) is 10.5. The van der Waals surface area contributed by atoms with Crippen LogP contribution in [0.5, 0.6) is 11.5 Å². The average molecular weight is 395 g/mol. The van der Waals surface area contributed by atoms with Gasteiger partial charge in [-0.15, -0.1) is 0 Å². The van der Waals surface area contributed by atoms with E-state index < -0.39 is 5.41 Å². The lowest BCUT2D eigenvalue weighted by atomic mass is 9.77. The smallest absolute Gasteiger partial charge is 0.235 e. The Kier molecular flexibility index (Phi) is 5.76. The predicted octanol–water partition coefficient (Wildman–Crippen LogP) is 4.01. The van der Waals surface area contributed by atoms with E-state index in [0.717, 1.165) is 61.4 Å². The first-order chi connectivity index (χ1) is 14.1. The van der Waals surface area contributed by atoms with Crippen LogP contribution in [0.15, 0.2) is 42.5 Å². The van der Waals surface area contributed by atoms with Gasteiger partial charge in [0.1, 0.15) is 13.2 Å². The fourth-order valence-corrected chi connectivity index (χ4v) is 4.32. The van der Waals surface area contributed by atoms with E-state index in [0.29, 0.717) is 13.2 Å². The molecule has 2 aliphatic rings. The Bertz CT molecular complexity index is 855. The molecule has 154 valence electrons. The van der Waals surface area contributed by atoms with Gasteiger partial charge in [0.25, 0.3) is 0 Å². The lowest BCUT2D eigenvalue weighted by molar-refractivity contribution is -0.121. The second-order valence-corrected chi connectivity index (χ2v) is 8.35. The number of carbonyl (C=O) groups is 1. The topological polar surface area (TPSA) is 50.8 Å². The highest BCUT2D eigenvalue weighted by Gasteiger charge is 2.43. The minimum Gasteiger partial charge on any atom is -0.486 e. The summed E-state index contributed by atoms with van der Waals surface area (Å²) in [5.41, 5.74) is 2.66. The number of benzene rings is 2. The molecule has 5 nitrogen and oxygen atoms in total. The van der Waals surface area contributed by atoms with Crippen molar-refractivity contribution < 1.29 is 14.3 Å². The van der Waals surface area contributed by atoms with Crippen molar-refractivity contribution in [1.82, 2.24) is 4.90 Å². The van der Waals surface area contributed by atoms with Crippen molar-refractivity contribution >= 4 is 11.6 Å². The molecule has 1 fully saturated rings. The first kappa shape index (κ1) is 19.8. The molecule has 0 spiro atoms. The minimum atomic E-state index is -0.501. The van der Waals surface area contributed by atoms with Gasteiger partial charge in [-0.3, -0.25) is 4.79 Å². The molecule has 4 rings (SSSR count). The maximum absolute atomic E-state index is 13.4. The fraction of sp³-hybridized carbons (Fsp3) is 0.458. The van der Waals surface area contributed by atoms with Crippen LogP contribution in [0.1, 0.15) is 36.8 Å². The molecule has 0 saturated heterocycles. The molecule has 1 heterocycles. The molecule has 2 aromatic carbocycles. The molecule has 1 N–H and O–H groups in total. The first-order valence-electron chi connectivity index (χ1n) is 10.5. The summed E-state index contributed by atoms with van der Waals surface area (Å²) in [4.78, 5) is 15.6. The summed E-state index contributed by atoms with van der Waals surface area (Å²) in [7, 11) is 4.15. The number of hydrogen-bond donors (Lipinski definition) is 1. The molecular formula is C24H30N2O3. The van der Waals surface area contributed by atoms with Gasteiger partial charge in [0.05, 0.1) is 5.41 Å².